The third-order valence-electron chi connectivity index (χ3n) is 4.06. The van der Waals surface area contributed by atoms with Crippen LogP contribution in [0.25, 0.3) is 0 Å². The summed E-state index contributed by atoms with van der Waals surface area (Å²) < 4.78 is 0. The fraction of sp³-hybridized carbons (Fsp3) is 0.143. The standard InChI is InChI=1S/C21H21N/c22-20(16-17-10-4-1-5-11-17)21(18-12-6-2-7-13-18)19-14-8-3-9-15-19/h1-15,20-21H,16,22H2/t20-/m1/s1. The third-order valence-corrected chi connectivity index (χ3v) is 4.06. The molecule has 0 spiro atoms. The Balaban J connectivity index is 1.92. The Kier molecular flexibility index (Phi) is 4.67. The summed E-state index contributed by atoms with van der Waals surface area (Å²) in [5.74, 6) is 0.211. The Hall–Kier alpha value is -2.38. The average Bonchev–Trinajstić information content (AvgIpc) is 2.58. The van der Waals surface area contributed by atoms with Gasteiger partial charge in [0.05, 0.1) is 0 Å². The van der Waals surface area contributed by atoms with E-state index >= 15 is 0 Å². The number of nitrogens with two attached hydrogens (primary N) is 1. The summed E-state index contributed by atoms with van der Waals surface area (Å²) in [6, 6.07) is 31.6. The summed E-state index contributed by atoms with van der Waals surface area (Å²) in [6.07, 6.45) is 0.870. The van der Waals surface area contributed by atoms with Crippen molar-refractivity contribution in [1.82, 2.24) is 0 Å². The van der Waals surface area contributed by atoms with Crippen LogP contribution in [0.5, 0.6) is 0 Å². The lowest BCUT2D eigenvalue weighted by molar-refractivity contribution is 0.590. The molecule has 0 saturated heterocycles. The Morgan fingerprint density at radius 3 is 1.45 bits per heavy atom. The van der Waals surface area contributed by atoms with Crippen LogP contribution in [-0.2, 0) is 6.42 Å². The van der Waals surface area contributed by atoms with E-state index in [1.165, 1.54) is 16.7 Å². The molecule has 2 N–H and O–H groups in total. The zero-order valence-electron chi connectivity index (χ0n) is 12.6. The van der Waals surface area contributed by atoms with Gasteiger partial charge in [0.2, 0.25) is 0 Å². The van der Waals surface area contributed by atoms with Gasteiger partial charge in [0.25, 0.3) is 0 Å². The predicted molar refractivity (Wildman–Crippen MR) is 92.8 cm³/mol. The van der Waals surface area contributed by atoms with E-state index < -0.39 is 0 Å². The molecule has 0 saturated carbocycles. The topological polar surface area (TPSA) is 26.0 Å². The molecular formula is C21H21N. The van der Waals surface area contributed by atoms with Crippen molar-refractivity contribution in [2.24, 2.45) is 5.73 Å². The van der Waals surface area contributed by atoms with Crippen LogP contribution >= 0.6 is 0 Å². The fourth-order valence-electron chi connectivity index (χ4n) is 3.01. The maximum absolute atomic E-state index is 6.61. The molecule has 3 aromatic rings. The first-order chi connectivity index (χ1) is 10.8. The first kappa shape index (κ1) is 14.6. The minimum absolute atomic E-state index is 0.0483. The summed E-state index contributed by atoms with van der Waals surface area (Å²) in [6.45, 7) is 0. The maximum Gasteiger partial charge on any atom is 0.0244 e. The monoisotopic (exact) mass is 287 g/mol. The molecule has 0 radical (unpaired) electrons. The van der Waals surface area contributed by atoms with Gasteiger partial charge in [-0.25, -0.2) is 0 Å². The molecule has 0 aromatic heterocycles. The molecule has 1 atom stereocenters. The summed E-state index contributed by atoms with van der Waals surface area (Å²) in [4.78, 5) is 0. The minimum atomic E-state index is 0.0483. The van der Waals surface area contributed by atoms with Gasteiger partial charge >= 0.3 is 0 Å². The van der Waals surface area contributed by atoms with Crippen LogP contribution in [-0.4, -0.2) is 6.04 Å². The van der Waals surface area contributed by atoms with Gasteiger partial charge in [0.1, 0.15) is 0 Å². The van der Waals surface area contributed by atoms with E-state index in [0.717, 1.165) is 6.42 Å². The quantitative estimate of drug-likeness (QED) is 0.740. The molecule has 1 nitrogen and oxygen atoms in total. The van der Waals surface area contributed by atoms with Crippen molar-refractivity contribution in [2.75, 3.05) is 0 Å². The zero-order valence-corrected chi connectivity index (χ0v) is 12.6. The van der Waals surface area contributed by atoms with Crippen molar-refractivity contribution >= 4 is 0 Å². The van der Waals surface area contributed by atoms with Gasteiger partial charge in [-0.2, -0.15) is 0 Å². The summed E-state index contributed by atoms with van der Waals surface area (Å²) in [7, 11) is 0. The Labute approximate surface area is 132 Å². The Morgan fingerprint density at radius 2 is 1.00 bits per heavy atom. The minimum Gasteiger partial charge on any atom is -0.327 e. The molecule has 3 rings (SSSR count). The highest BCUT2D eigenvalue weighted by atomic mass is 14.6. The maximum atomic E-state index is 6.61. The highest BCUT2D eigenvalue weighted by Gasteiger charge is 2.21. The largest absolute Gasteiger partial charge is 0.327 e. The molecule has 0 aliphatic rings. The molecule has 3 aromatic carbocycles. The van der Waals surface area contributed by atoms with E-state index in [2.05, 4.69) is 72.8 Å². The molecule has 0 amide bonds. The third kappa shape index (κ3) is 3.44. The highest BCUT2D eigenvalue weighted by molar-refractivity contribution is 5.35. The number of hydrogen-bond donors (Lipinski definition) is 1. The zero-order chi connectivity index (χ0) is 15.2. The second kappa shape index (κ2) is 7.06. The smallest absolute Gasteiger partial charge is 0.0244 e. The van der Waals surface area contributed by atoms with E-state index in [4.69, 9.17) is 5.73 Å². The summed E-state index contributed by atoms with van der Waals surface area (Å²) >= 11 is 0. The normalized spacial score (nSPS) is 12.3. The van der Waals surface area contributed by atoms with E-state index in [-0.39, 0.29) is 12.0 Å². The van der Waals surface area contributed by atoms with Gasteiger partial charge in [-0.05, 0) is 23.1 Å². The molecule has 0 aliphatic heterocycles. The molecule has 0 bridgehead atoms. The van der Waals surface area contributed by atoms with Crippen molar-refractivity contribution in [3.8, 4) is 0 Å². The van der Waals surface area contributed by atoms with Gasteiger partial charge < -0.3 is 5.73 Å². The molecule has 110 valence electrons. The van der Waals surface area contributed by atoms with Gasteiger partial charge in [0, 0.05) is 12.0 Å². The lowest BCUT2D eigenvalue weighted by Crippen LogP contribution is -2.31. The van der Waals surface area contributed by atoms with E-state index in [0.29, 0.717) is 0 Å². The van der Waals surface area contributed by atoms with Gasteiger partial charge in [-0.15, -0.1) is 0 Å². The van der Waals surface area contributed by atoms with Crippen molar-refractivity contribution in [2.45, 2.75) is 18.4 Å². The van der Waals surface area contributed by atoms with Crippen molar-refractivity contribution < 1.29 is 0 Å². The van der Waals surface area contributed by atoms with Crippen LogP contribution in [0.15, 0.2) is 91.0 Å². The summed E-state index contributed by atoms with van der Waals surface area (Å²) in [5.41, 5.74) is 10.4. The molecule has 0 unspecified atom stereocenters. The van der Waals surface area contributed by atoms with Crippen molar-refractivity contribution in [1.29, 1.82) is 0 Å². The van der Waals surface area contributed by atoms with Gasteiger partial charge in [0.15, 0.2) is 0 Å². The molecule has 0 fully saturated rings. The van der Waals surface area contributed by atoms with E-state index in [1.807, 2.05) is 18.2 Å². The fourth-order valence-corrected chi connectivity index (χ4v) is 3.01. The second-order valence-corrected chi connectivity index (χ2v) is 5.65. The van der Waals surface area contributed by atoms with Gasteiger partial charge in [-0.3, -0.25) is 0 Å². The number of hydrogen-bond acceptors (Lipinski definition) is 1. The van der Waals surface area contributed by atoms with Crippen molar-refractivity contribution in [3.05, 3.63) is 108 Å². The highest BCUT2D eigenvalue weighted by Crippen LogP contribution is 2.28. The lowest BCUT2D eigenvalue weighted by Gasteiger charge is -2.25. The first-order valence-corrected chi connectivity index (χ1v) is 7.74. The van der Waals surface area contributed by atoms with Crippen molar-refractivity contribution in [3.63, 3.8) is 0 Å². The molecule has 22 heavy (non-hydrogen) atoms. The molecule has 1 heteroatoms. The van der Waals surface area contributed by atoms with Crippen LogP contribution in [0.2, 0.25) is 0 Å². The van der Waals surface area contributed by atoms with Crippen LogP contribution < -0.4 is 5.73 Å². The number of rotatable bonds is 5. The van der Waals surface area contributed by atoms with Crippen LogP contribution in [0.4, 0.5) is 0 Å². The molecular weight excluding hydrogens is 266 g/mol. The number of benzene rings is 3. The first-order valence-electron chi connectivity index (χ1n) is 7.74. The second-order valence-electron chi connectivity index (χ2n) is 5.65. The van der Waals surface area contributed by atoms with Crippen LogP contribution in [0.3, 0.4) is 0 Å². The predicted octanol–water partition coefficient (Wildman–Crippen LogP) is 4.39. The molecule has 0 aliphatic carbocycles. The summed E-state index contributed by atoms with van der Waals surface area (Å²) in [5, 5.41) is 0. The SMILES string of the molecule is N[C@H](Cc1ccccc1)C(c1ccccc1)c1ccccc1. The van der Waals surface area contributed by atoms with Gasteiger partial charge in [-0.1, -0.05) is 91.0 Å². The lowest BCUT2D eigenvalue weighted by atomic mass is 9.83. The average molecular weight is 287 g/mol. The van der Waals surface area contributed by atoms with E-state index in [1.54, 1.807) is 0 Å². The Morgan fingerprint density at radius 1 is 0.591 bits per heavy atom. The Bertz CT molecular complexity index is 637. The van der Waals surface area contributed by atoms with Crippen LogP contribution in [0.1, 0.15) is 22.6 Å². The van der Waals surface area contributed by atoms with Crippen LogP contribution in [0, 0.1) is 0 Å². The van der Waals surface area contributed by atoms with E-state index in [9.17, 15) is 0 Å². The molecule has 0 heterocycles.